The van der Waals surface area contributed by atoms with Gasteiger partial charge in [-0.2, -0.15) is 0 Å². The molecular formula is C19H17ClO2S. The van der Waals surface area contributed by atoms with E-state index in [2.05, 4.69) is 6.92 Å². The molecule has 0 spiro atoms. The van der Waals surface area contributed by atoms with Crippen molar-refractivity contribution in [1.29, 1.82) is 0 Å². The summed E-state index contributed by atoms with van der Waals surface area (Å²) in [4.78, 5) is 0.602. The Hall–Kier alpha value is -1.84. The largest absolute Gasteiger partial charge is 0.218 e. The summed E-state index contributed by atoms with van der Waals surface area (Å²) >= 11 is 5.86. The summed E-state index contributed by atoms with van der Waals surface area (Å²) in [5.74, 6) is 0. The van der Waals surface area contributed by atoms with Crippen LogP contribution in [-0.4, -0.2) is 8.42 Å². The molecule has 4 heteroatoms. The van der Waals surface area contributed by atoms with Gasteiger partial charge < -0.3 is 0 Å². The number of aryl methyl sites for hydroxylation is 1. The predicted molar refractivity (Wildman–Crippen MR) is 94.8 cm³/mol. The van der Waals surface area contributed by atoms with E-state index in [0.717, 1.165) is 23.6 Å². The van der Waals surface area contributed by atoms with Crippen molar-refractivity contribution in [2.24, 2.45) is 0 Å². The molecule has 3 aromatic carbocycles. The molecule has 0 saturated heterocycles. The summed E-state index contributed by atoms with van der Waals surface area (Å²) in [5, 5.41) is 2.30. The van der Waals surface area contributed by atoms with Gasteiger partial charge in [0.1, 0.15) is 0 Å². The Balaban J connectivity index is 2.24. The SMILES string of the molecule is CCCc1ccc(S(=O)(=O)c2ccc(Cl)cc2)c2ccccc12. The van der Waals surface area contributed by atoms with Crippen LogP contribution in [0.1, 0.15) is 18.9 Å². The van der Waals surface area contributed by atoms with Crippen LogP contribution < -0.4 is 0 Å². The third-order valence-corrected chi connectivity index (χ3v) is 5.99. The molecular weight excluding hydrogens is 328 g/mol. The molecule has 0 heterocycles. The molecule has 0 aliphatic carbocycles. The molecule has 0 unspecified atom stereocenters. The molecule has 3 aromatic rings. The van der Waals surface area contributed by atoms with Gasteiger partial charge in [-0.15, -0.1) is 0 Å². The maximum absolute atomic E-state index is 13.0. The molecule has 0 aromatic heterocycles. The summed E-state index contributed by atoms with van der Waals surface area (Å²) in [7, 11) is -3.57. The Bertz CT molecular complexity index is 945. The van der Waals surface area contributed by atoms with Gasteiger partial charge in [0.25, 0.3) is 0 Å². The van der Waals surface area contributed by atoms with E-state index in [1.165, 1.54) is 5.56 Å². The quantitative estimate of drug-likeness (QED) is 0.645. The Kier molecular flexibility index (Phi) is 4.42. The Morgan fingerprint density at radius 2 is 1.52 bits per heavy atom. The molecule has 23 heavy (non-hydrogen) atoms. The fraction of sp³-hybridized carbons (Fsp3) is 0.158. The van der Waals surface area contributed by atoms with E-state index < -0.39 is 9.84 Å². The van der Waals surface area contributed by atoms with E-state index in [0.29, 0.717) is 9.92 Å². The van der Waals surface area contributed by atoms with Gasteiger partial charge in [-0.3, -0.25) is 0 Å². The third kappa shape index (κ3) is 2.99. The van der Waals surface area contributed by atoms with E-state index in [9.17, 15) is 8.42 Å². The van der Waals surface area contributed by atoms with Crippen LogP contribution in [-0.2, 0) is 16.3 Å². The average molecular weight is 345 g/mol. The second kappa shape index (κ2) is 6.34. The van der Waals surface area contributed by atoms with Gasteiger partial charge in [-0.25, -0.2) is 8.42 Å². The molecule has 0 atom stereocenters. The minimum atomic E-state index is -3.57. The highest BCUT2D eigenvalue weighted by atomic mass is 35.5. The van der Waals surface area contributed by atoms with Crippen molar-refractivity contribution >= 4 is 32.2 Å². The third-order valence-electron chi connectivity index (χ3n) is 3.91. The zero-order valence-corrected chi connectivity index (χ0v) is 14.4. The molecule has 2 nitrogen and oxygen atoms in total. The van der Waals surface area contributed by atoms with Crippen LogP contribution in [0.3, 0.4) is 0 Å². The first-order valence-electron chi connectivity index (χ1n) is 7.55. The monoisotopic (exact) mass is 344 g/mol. The number of rotatable bonds is 4. The lowest BCUT2D eigenvalue weighted by Crippen LogP contribution is -2.03. The van der Waals surface area contributed by atoms with Gasteiger partial charge in [-0.05, 0) is 47.7 Å². The van der Waals surface area contributed by atoms with Gasteiger partial charge in [0, 0.05) is 10.4 Å². The van der Waals surface area contributed by atoms with E-state index in [1.807, 2.05) is 30.3 Å². The van der Waals surface area contributed by atoms with Crippen molar-refractivity contribution in [3.63, 3.8) is 0 Å². The smallest absolute Gasteiger partial charge is 0.207 e. The van der Waals surface area contributed by atoms with Crippen LogP contribution in [0.5, 0.6) is 0 Å². The fourth-order valence-corrected chi connectivity index (χ4v) is 4.39. The van der Waals surface area contributed by atoms with Gasteiger partial charge >= 0.3 is 0 Å². The van der Waals surface area contributed by atoms with Crippen LogP contribution in [0.2, 0.25) is 5.02 Å². The minimum absolute atomic E-state index is 0.260. The van der Waals surface area contributed by atoms with Crippen LogP contribution >= 0.6 is 11.6 Å². The zero-order chi connectivity index (χ0) is 16.4. The topological polar surface area (TPSA) is 34.1 Å². The summed E-state index contributed by atoms with van der Waals surface area (Å²) < 4.78 is 26.0. The Morgan fingerprint density at radius 3 is 2.17 bits per heavy atom. The van der Waals surface area contributed by atoms with Crippen molar-refractivity contribution < 1.29 is 8.42 Å². The number of hydrogen-bond donors (Lipinski definition) is 0. The second-order valence-electron chi connectivity index (χ2n) is 5.48. The van der Waals surface area contributed by atoms with Gasteiger partial charge in [0.05, 0.1) is 9.79 Å². The first-order valence-corrected chi connectivity index (χ1v) is 9.41. The van der Waals surface area contributed by atoms with Crippen molar-refractivity contribution in [2.75, 3.05) is 0 Å². The van der Waals surface area contributed by atoms with E-state index in [4.69, 9.17) is 11.6 Å². The molecule has 0 radical (unpaired) electrons. The lowest BCUT2D eigenvalue weighted by Gasteiger charge is -2.12. The van der Waals surface area contributed by atoms with Crippen LogP contribution in [0.25, 0.3) is 10.8 Å². The van der Waals surface area contributed by atoms with Crippen molar-refractivity contribution in [3.05, 3.63) is 71.2 Å². The molecule has 0 bridgehead atoms. The molecule has 118 valence electrons. The van der Waals surface area contributed by atoms with Gasteiger partial charge in [0.15, 0.2) is 0 Å². The first-order chi connectivity index (χ1) is 11.0. The maximum Gasteiger partial charge on any atom is 0.207 e. The summed E-state index contributed by atoms with van der Waals surface area (Å²) in [6.45, 7) is 2.12. The first kappa shape index (κ1) is 16.0. The molecule has 0 fully saturated rings. The van der Waals surface area contributed by atoms with E-state index in [-0.39, 0.29) is 4.90 Å². The van der Waals surface area contributed by atoms with E-state index >= 15 is 0 Å². The fourth-order valence-electron chi connectivity index (χ4n) is 2.80. The predicted octanol–water partition coefficient (Wildman–Crippen LogP) is 5.28. The molecule has 3 rings (SSSR count). The standard InChI is InChI=1S/C19H17ClO2S/c1-2-5-14-8-13-19(18-7-4-3-6-17(14)18)23(21,22)16-11-9-15(20)10-12-16/h3-4,6-13H,2,5H2,1H3. The summed E-state index contributed by atoms with van der Waals surface area (Å²) in [5.41, 5.74) is 1.18. The van der Waals surface area contributed by atoms with Crippen LogP contribution in [0.4, 0.5) is 0 Å². The normalized spacial score (nSPS) is 11.7. The second-order valence-corrected chi connectivity index (χ2v) is 7.83. The lowest BCUT2D eigenvalue weighted by molar-refractivity contribution is 0.597. The molecule has 0 saturated carbocycles. The highest BCUT2D eigenvalue weighted by Gasteiger charge is 2.21. The van der Waals surface area contributed by atoms with Crippen LogP contribution in [0.15, 0.2) is 70.5 Å². The highest BCUT2D eigenvalue weighted by Crippen LogP contribution is 2.31. The molecule has 0 N–H and O–H groups in total. The molecule has 0 aliphatic heterocycles. The number of halogens is 1. The van der Waals surface area contributed by atoms with Crippen molar-refractivity contribution in [2.45, 2.75) is 29.6 Å². The maximum atomic E-state index is 13.0. The number of fused-ring (bicyclic) bond motifs is 1. The molecule has 0 amide bonds. The average Bonchev–Trinajstić information content (AvgIpc) is 2.55. The van der Waals surface area contributed by atoms with E-state index in [1.54, 1.807) is 30.3 Å². The number of hydrogen-bond acceptors (Lipinski definition) is 2. The van der Waals surface area contributed by atoms with Gasteiger partial charge in [-0.1, -0.05) is 55.3 Å². The number of sulfone groups is 1. The molecule has 0 aliphatic rings. The minimum Gasteiger partial charge on any atom is -0.218 e. The van der Waals surface area contributed by atoms with Crippen molar-refractivity contribution in [3.8, 4) is 0 Å². The Morgan fingerprint density at radius 1 is 0.870 bits per heavy atom. The van der Waals surface area contributed by atoms with Gasteiger partial charge in [0.2, 0.25) is 9.84 Å². The summed E-state index contributed by atoms with van der Waals surface area (Å²) in [6.07, 6.45) is 1.95. The van der Waals surface area contributed by atoms with Crippen LogP contribution in [0, 0.1) is 0 Å². The Labute approximate surface area is 141 Å². The van der Waals surface area contributed by atoms with Crippen molar-refractivity contribution in [1.82, 2.24) is 0 Å². The zero-order valence-electron chi connectivity index (χ0n) is 12.8. The lowest BCUT2D eigenvalue weighted by atomic mass is 10.0. The highest BCUT2D eigenvalue weighted by molar-refractivity contribution is 7.91. The number of benzene rings is 3. The summed E-state index contributed by atoms with van der Waals surface area (Å²) in [6, 6.07) is 17.6.